The highest BCUT2D eigenvalue weighted by atomic mass is 35.5. The van der Waals surface area contributed by atoms with Crippen molar-refractivity contribution in [1.29, 1.82) is 0 Å². The summed E-state index contributed by atoms with van der Waals surface area (Å²) in [5.41, 5.74) is 0.547. The first kappa shape index (κ1) is 14.7. The number of rotatable bonds is 5. The van der Waals surface area contributed by atoms with E-state index in [9.17, 15) is 9.18 Å². The van der Waals surface area contributed by atoms with E-state index in [-0.39, 0.29) is 11.5 Å². The van der Waals surface area contributed by atoms with Crippen molar-refractivity contribution in [3.8, 4) is 5.69 Å². The Morgan fingerprint density at radius 1 is 1.40 bits per heavy atom. The molecule has 0 bridgehead atoms. The van der Waals surface area contributed by atoms with Crippen LogP contribution in [0.15, 0.2) is 24.3 Å². The molecule has 0 fully saturated rings. The van der Waals surface area contributed by atoms with Crippen molar-refractivity contribution in [1.82, 2.24) is 9.55 Å². The monoisotopic (exact) mass is 294 g/mol. The van der Waals surface area contributed by atoms with Crippen LogP contribution in [0, 0.1) is 5.95 Å². The van der Waals surface area contributed by atoms with Gasteiger partial charge in [0.15, 0.2) is 5.78 Å². The van der Waals surface area contributed by atoms with Crippen LogP contribution in [0.4, 0.5) is 4.39 Å². The molecule has 0 radical (unpaired) electrons. The highest BCUT2D eigenvalue weighted by Gasteiger charge is 2.22. The number of para-hydroxylation sites is 1. The molecule has 0 aliphatic rings. The summed E-state index contributed by atoms with van der Waals surface area (Å²) < 4.78 is 15.5. The van der Waals surface area contributed by atoms with Crippen LogP contribution in [0.3, 0.4) is 0 Å². The number of aryl methyl sites for hydroxylation is 1. The third-order valence-corrected chi connectivity index (χ3v) is 3.40. The number of nitrogens with zero attached hydrogens (tertiary/aromatic N) is 2. The first-order chi connectivity index (χ1) is 9.56. The summed E-state index contributed by atoms with van der Waals surface area (Å²) in [6.45, 7) is 3.38. The van der Waals surface area contributed by atoms with Gasteiger partial charge in [-0.25, -0.2) is 4.98 Å². The standard InChI is InChI=1S/C15H16ClFN2O/c1-3-4-9-13-18-15(17)14(10(2)20)19(13)12-8-6-5-7-11(12)16/h5-8H,3-4,9H2,1-2H3. The molecule has 20 heavy (non-hydrogen) atoms. The van der Waals surface area contributed by atoms with Crippen molar-refractivity contribution < 1.29 is 9.18 Å². The summed E-state index contributed by atoms with van der Waals surface area (Å²) in [4.78, 5) is 15.6. The van der Waals surface area contributed by atoms with Gasteiger partial charge in [0.25, 0.3) is 0 Å². The zero-order chi connectivity index (χ0) is 14.7. The molecule has 0 spiro atoms. The number of unbranched alkanes of at least 4 members (excludes halogenated alkanes) is 1. The van der Waals surface area contributed by atoms with Crippen molar-refractivity contribution in [3.05, 3.63) is 46.8 Å². The molecule has 2 rings (SSSR count). The van der Waals surface area contributed by atoms with E-state index < -0.39 is 5.95 Å². The second-order valence-electron chi connectivity index (χ2n) is 4.61. The molecule has 0 amide bonds. The summed E-state index contributed by atoms with van der Waals surface area (Å²) in [5.74, 6) is -0.566. The predicted molar refractivity (Wildman–Crippen MR) is 77.1 cm³/mol. The maximum Gasteiger partial charge on any atom is 0.242 e. The fraction of sp³-hybridized carbons (Fsp3) is 0.333. The number of benzene rings is 1. The van der Waals surface area contributed by atoms with E-state index in [1.807, 2.05) is 6.92 Å². The number of Topliss-reactive ketones (excluding diaryl/α,β-unsaturated/α-hetero) is 1. The van der Waals surface area contributed by atoms with E-state index in [4.69, 9.17) is 11.6 Å². The van der Waals surface area contributed by atoms with Crippen LogP contribution >= 0.6 is 11.6 Å². The molecule has 0 aliphatic heterocycles. The zero-order valence-corrected chi connectivity index (χ0v) is 12.2. The first-order valence-electron chi connectivity index (χ1n) is 6.59. The third-order valence-electron chi connectivity index (χ3n) is 3.09. The fourth-order valence-corrected chi connectivity index (χ4v) is 2.36. The third kappa shape index (κ3) is 2.75. The van der Waals surface area contributed by atoms with E-state index in [0.29, 0.717) is 23.0 Å². The van der Waals surface area contributed by atoms with Crippen LogP contribution in [0.1, 0.15) is 43.0 Å². The minimum absolute atomic E-state index is 0.0378. The Morgan fingerprint density at radius 3 is 2.70 bits per heavy atom. The van der Waals surface area contributed by atoms with Gasteiger partial charge in [-0.05, 0) is 18.6 Å². The minimum Gasteiger partial charge on any atom is -0.293 e. The second-order valence-corrected chi connectivity index (χ2v) is 5.02. The van der Waals surface area contributed by atoms with Crippen LogP contribution in [0.5, 0.6) is 0 Å². The lowest BCUT2D eigenvalue weighted by Gasteiger charge is -2.11. The van der Waals surface area contributed by atoms with Crippen LogP contribution in [-0.4, -0.2) is 15.3 Å². The molecule has 0 saturated carbocycles. The number of halogens is 2. The highest BCUT2D eigenvalue weighted by Crippen LogP contribution is 2.25. The molecule has 0 unspecified atom stereocenters. The SMILES string of the molecule is CCCCc1nc(F)c(C(C)=O)n1-c1ccccc1Cl. The Kier molecular flexibility index (Phi) is 4.55. The maximum atomic E-state index is 14.0. The van der Waals surface area contributed by atoms with Gasteiger partial charge in [0.2, 0.25) is 5.95 Å². The second kappa shape index (κ2) is 6.18. The normalized spacial score (nSPS) is 10.8. The Morgan fingerprint density at radius 2 is 2.10 bits per heavy atom. The number of aromatic nitrogens is 2. The maximum absolute atomic E-state index is 14.0. The van der Waals surface area contributed by atoms with Crippen LogP contribution in [0.2, 0.25) is 5.02 Å². The average Bonchev–Trinajstić information content (AvgIpc) is 2.73. The van der Waals surface area contributed by atoms with E-state index in [1.54, 1.807) is 24.3 Å². The highest BCUT2D eigenvalue weighted by molar-refractivity contribution is 6.32. The van der Waals surface area contributed by atoms with Crippen molar-refractivity contribution in [2.45, 2.75) is 33.1 Å². The molecule has 5 heteroatoms. The Bertz CT molecular complexity index is 637. The van der Waals surface area contributed by atoms with Gasteiger partial charge in [-0.2, -0.15) is 4.39 Å². The lowest BCUT2D eigenvalue weighted by atomic mass is 10.2. The number of hydrogen-bond donors (Lipinski definition) is 0. The van der Waals surface area contributed by atoms with Gasteiger partial charge < -0.3 is 0 Å². The number of ketones is 1. The smallest absolute Gasteiger partial charge is 0.242 e. The molecule has 0 aliphatic carbocycles. The van der Waals surface area contributed by atoms with Gasteiger partial charge in [-0.15, -0.1) is 0 Å². The van der Waals surface area contributed by atoms with E-state index in [0.717, 1.165) is 12.8 Å². The largest absolute Gasteiger partial charge is 0.293 e. The Hall–Kier alpha value is -1.68. The van der Waals surface area contributed by atoms with Crippen molar-refractivity contribution >= 4 is 17.4 Å². The topological polar surface area (TPSA) is 34.9 Å². The van der Waals surface area contributed by atoms with Gasteiger partial charge in [-0.1, -0.05) is 37.1 Å². The van der Waals surface area contributed by atoms with Crippen molar-refractivity contribution in [2.24, 2.45) is 0 Å². The summed E-state index contributed by atoms with van der Waals surface area (Å²) >= 11 is 6.17. The quantitative estimate of drug-likeness (QED) is 0.774. The van der Waals surface area contributed by atoms with Crippen LogP contribution in [0.25, 0.3) is 5.69 Å². The van der Waals surface area contributed by atoms with Crippen molar-refractivity contribution in [3.63, 3.8) is 0 Å². The molecule has 0 saturated heterocycles. The summed E-state index contributed by atoms with van der Waals surface area (Å²) in [6.07, 6.45) is 2.44. The molecule has 106 valence electrons. The Labute approximate surface area is 122 Å². The summed E-state index contributed by atoms with van der Waals surface area (Å²) in [5, 5.41) is 0.463. The van der Waals surface area contributed by atoms with Gasteiger partial charge >= 0.3 is 0 Å². The van der Waals surface area contributed by atoms with Crippen molar-refractivity contribution in [2.75, 3.05) is 0 Å². The van der Waals surface area contributed by atoms with Gasteiger partial charge in [0.1, 0.15) is 11.5 Å². The zero-order valence-electron chi connectivity index (χ0n) is 11.5. The molecule has 1 aromatic heterocycles. The minimum atomic E-state index is -0.733. The van der Waals surface area contributed by atoms with Gasteiger partial charge in [0, 0.05) is 13.3 Å². The van der Waals surface area contributed by atoms with Crippen LogP contribution < -0.4 is 0 Å². The molecule has 0 N–H and O–H groups in total. The molecule has 1 aromatic carbocycles. The molecular weight excluding hydrogens is 279 g/mol. The molecule has 0 atom stereocenters. The van der Waals surface area contributed by atoms with Gasteiger partial charge in [0.05, 0.1) is 10.7 Å². The van der Waals surface area contributed by atoms with Gasteiger partial charge in [-0.3, -0.25) is 9.36 Å². The lowest BCUT2D eigenvalue weighted by Crippen LogP contribution is -2.09. The van der Waals surface area contributed by atoms with E-state index in [1.165, 1.54) is 11.5 Å². The number of carbonyl (C=O) groups is 1. The number of imidazole rings is 1. The molecule has 2 aromatic rings. The molecular formula is C15H16ClFN2O. The summed E-state index contributed by atoms with van der Waals surface area (Å²) in [7, 11) is 0. The van der Waals surface area contributed by atoms with Crippen LogP contribution in [-0.2, 0) is 6.42 Å². The number of carbonyl (C=O) groups excluding carboxylic acids is 1. The Balaban J connectivity index is 2.64. The van der Waals surface area contributed by atoms with E-state index in [2.05, 4.69) is 4.98 Å². The lowest BCUT2D eigenvalue weighted by molar-refractivity contribution is 0.100. The number of hydrogen-bond acceptors (Lipinski definition) is 2. The molecule has 1 heterocycles. The summed E-state index contributed by atoms with van der Waals surface area (Å²) in [6, 6.07) is 7.05. The predicted octanol–water partition coefficient (Wildman–Crippen LogP) is 4.21. The molecule has 3 nitrogen and oxygen atoms in total. The fourth-order valence-electron chi connectivity index (χ4n) is 2.14. The van der Waals surface area contributed by atoms with E-state index >= 15 is 0 Å². The average molecular weight is 295 g/mol. The first-order valence-corrected chi connectivity index (χ1v) is 6.97.